The highest BCUT2D eigenvalue weighted by molar-refractivity contribution is 6.02. The maximum absolute atomic E-state index is 13.4. The maximum Gasteiger partial charge on any atom is 0.271 e. The number of aromatic amines is 1. The number of methoxy groups -OCH3 is 1. The smallest absolute Gasteiger partial charge is 0.271 e. The topological polar surface area (TPSA) is 127 Å². The van der Waals surface area contributed by atoms with Crippen molar-refractivity contribution in [3.05, 3.63) is 30.0 Å². The third kappa shape index (κ3) is 4.58. The normalized spacial score (nSPS) is 22.6. The van der Waals surface area contributed by atoms with Gasteiger partial charge in [0.1, 0.15) is 23.5 Å². The van der Waals surface area contributed by atoms with Crippen molar-refractivity contribution in [2.45, 2.75) is 51.1 Å². The van der Waals surface area contributed by atoms with E-state index in [4.69, 9.17) is 4.74 Å². The van der Waals surface area contributed by atoms with Crippen LogP contribution in [0.3, 0.4) is 0 Å². The number of carbonyl (C=O) groups excluding carboxylic acids is 3. The number of H-pyrrole nitrogens is 1. The van der Waals surface area contributed by atoms with Crippen LogP contribution in [0, 0.1) is 23.2 Å². The predicted octanol–water partition coefficient (Wildman–Crippen LogP) is 2.34. The van der Waals surface area contributed by atoms with Gasteiger partial charge in [0.15, 0.2) is 0 Å². The van der Waals surface area contributed by atoms with Crippen LogP contribution < -0.4 is 15.4 Å². The van der Waals surface area contributed by atoms with Crippen molar-refractivity contribution in [1.82, 2.24) is 20.5 Å². The highest BCUT2D eigenvalue weighted by Crippen LogP contribution is 2.33. The largest absolute Gasteiger partial charge is 0.496 e. The van der Waals surface area contributed by atoms with Crippen LogP contribution in [-0.4, -0.2) is 59.9 Å². The Morgan fingerprint density at radius 1 is 1.38 bits per heavy atom. The van der Waals surface area contributed by atoms with E-state index in [-0.39, 0.29) is 36.0 Å². The predicted molar refractivity (Wildman–Crippen MR) is 126 cm³/mol. The summed E-state index contributed by atoms with van der Waals surface area (Å²) in [7, 11) is 1.58. The SMILES string of the molecule is CCCCC1CN(C(=O)c2cc3c(OC)cccc3[nH]2)C1C(=O)NC(C#N)CC1CCNC1=O. The van der Waals surface area contributed by atoms with E-state index >= 15 is 0 Å². The van der Waals surface area contributed by atoms with Gasteiger partial charge in [-0.2, -0.15) is 5.26 Å². The van der Waals surface area contributed by atoms with Crippen LogP contribution in [0.15, 0.2) is 24.3 Å². The number of nitrogens with one attached hydrogen (secondary N) is 3. The van der Waals surface area contributed by atoms with Gasteiger partial charge in [0.05, 0.1) is 13.2 Å². The van der Waals surface area contributed by atoms with Gasteiger partial charge in [-0.05, 0) is 37.5 Å². The van der Waals surface area contributed by atoms with Gasteiger partial charge < -0.3 is 25.3 Å². The van der Waals surface area contributed by atoms with E-state index in [1.54, 1.807) is 18.1 Å². The van der Waals surface area contributed by atoms with Gasteiger partial charge in [-0.1, -0.05) is 25.8 Å². The quantitative estimate of drug-likeness (QED) is 0.524. The number of fused-ring (bicyclic) bond motifs is 1. The molecule has 3 amide bonds. The van der Waals surface area contributed by atoms with E-state index in [9.17, 15) is 19.6 Å². The Labute approximate surface area is 198 Å². The first kappa shape index (κ1) is 23.6. The van der Waals surface area contributed by atoms with Crippen LogP contribution in [0.25, 0.3) is 10.9 Å². The molecule has 3 heterocycles. The lowest BCUT2D eigenvalue weighted by Crippen LogP contribution is -2.65. The van der Waals surface area contributed by atoms with E-state index in [1.807, 2.05) is 18.2 Å². The van der Waals surface area contributed by atoms with Crippen LogP contribution >= 0.6 is 0 Å². The lowest BCUT2D eigenvalue weighted by molar-refractivity contribution is -0.134. The molecule has 34 heavy (non-hydrogen) atoms. The van der Waals surface area contributed by atoms with E-state index < -0.39 is 12.1 Å². The van der Waals surface area contributed by atoms with Crippen LogP contribution in [0.4, 0.5) is 0 Å². The highest BCUT2D eigenvalue weighted by atomic mass is 16.5. The zero-order valence-corrected chi connectivity index (χ0v) is 19.6. The molecule has 4 rings (SSSR count). The molecule has 3 N–H and O–H groups in total. The van der Waals surface area contributed by atoms with E-state index in [0.717, 1.165) is 30.2 Å². The van der Waals surface area contributed by atoms with Crippen LogP contribution in [0.1, 0.15) is 49.5 Å². The van der Waals surface area contributed by atoms with Gasteiger partial charge in [-0.3, -0.25) is 14.4 Å². The molecule has 2 aliphatic heterocycles. The molecule has 9 heteroatoms. The van der Waals surface area contributed by atoms with E-state index in [1.165, 1.54) is 0 Å². The Bertz CT molecular complexity index is 1120. The summed E-state index contributed by atoms with van der Waals surface area (Å²) in [6.45, 7) is 3.17. The average Bonchev–Trinajstić information content (AvgIpc) is 3.43. The second kappa shape index (κ2) is 10.2. The first-order chi connectivity index (χ1) is 16.5. The van der Waals surface area contributed by atoms with Crippen molar-refractivity contribution in [2.75, 3.05) is 20.2 Å². The fourth-order valence-corrected chi connectivity index (χ4v) is 4.99. The highest BCUT2D eigenvalue weighted by Gasteiger charge is 2.47. The standard InChI is InChI=1S/C25H31N5O4/c1-3-4-6-16-14-30(25(33)20-12-18-19(29-20)7-5-8-21(18)34-2)22(16)24(32)28-17(13-26)11-15-9-10-27-23(15)31/h5,7-8,12,15-17,22,29H,3-4,6,9-11,14H2,1-2H3,(H,27,31)(H,28,32). The molecule has 2 aliphatic rings. The summed E-state index contributed by atoms with van der Waals surface area (Å²) in [5.41, 5.74) is 1.18. The van der Waals surface area contributed by atoms with E-state index in [0.29, 0.717) is 31.0 Å². The van der Waals surface area contributed by atoms with Crippen molar-refractivity contribution in [1.29, 1.82) is 5.26 Å². The number of nitriles is 1. The number of hydrogen-bond acceptors (Lipinski definition) is 5. The molecule has 1 aromatic heterocycles. The number of aromatic nitrogens is 1. The zero-order valence-electron chi connectivity index (χ0n) is 19.6. The van der Waals surface area contributed by atoms with Crippen molar-refractivity contribution >= 4 is 28.6 Å². The molecular weight excluding hydrogens is 434 g/mol. The molecule has 4 atom stereocenters. The third-order valence-electron chi connectivity index (χ3n) is 6.90. The lowest BCUT2D eigenvalue weighted by atomic mass is 9.83. The number of rotatable bonds is 9. The number of likely N-dealkylation sites (tertiary alicyclic amines) is 1. The number of nitrogens with zero attached hydrogens (tertiary/aromatic N) is 2. The second-order valence-corrected chi connectivity index (χ2v) is 9.11. The minimum Gasteiger partial charge on any atom is -0.496 e. The van der Waals surface area contributed by atoms with Gasteiger partial charge in [-0.15, -0.1) is 0 Å². The second-order valence-electron chi connectivity index (χ2n) is 9.11. The van der Waals surface area contributed by atoms with Crippen molar-refractivity contribution in [3.8, 4) is 11.8 Å². The molecule has 0 spiro atoms. The summed E-state index contributed by atoms with van der Waals surface area (Å²) in [5.74, 6) is -0.239. The van der Waals surface area contributed by atoms with Crippen LogP contribution in [-0.2, 0) is 9.59 Å². The Morgan fingerprint density at radius 3 is 2.88 bits per heavy atom. The maximum atomic E-state index is 13.4. The van der Waals surface area contributed by atoms with Gasteiger partial charge >= 0.3 is 0 Å². The Kier molecular flexibility index (Phi) is 7.06. The molecular formula is C25H31N5O4. The molecule has 2 saturated heterocycles. The van der Waals surface area contributed by atoms with Gasteiger partial charge in [-0.25, -0.2) is 0 Å². The number of unbranched alkanes of at least 4 members (excludes halogenated alkanes) is 1. The minimum absolute atomic E-state index is 0.0388. The summed E-state index contributed by atoms with van der Waals surface area (Å²) in [4.78, 5) is 43.2. The molecule has 0 bridgehead atoms. The van der Waals surface area contributed by atoms with E-state index in [2.05, 4.69) is 28.6 Å². The first-order valence-electron chi connectivity index (χ1n) is 11.9. The van der Waals surface area contributed by atoms with Gasteiger partial charge in [0, 0.05) is 35.8 Å². The number of amides is 3. The number of ether oxygens (including phenoxy) is 1. The summed E-state index contributed by atoms with van der Waals surface area (Å²) in [5, 5.41) is 16.0. The molecule has 180 valence electrons. The fraction of sp³-hybridized carbons (Fsp3) is 0.520. The number of carbonyl (C=O) groups is 3. The molecule has 2 aromatic rings. The molecule has 0 saturated carbocycles. The summed E-state index contributed by atoms with van der Waals surface area (Å²) in [6.07, 6.45) is 3.73. The molecule has 2 fully saturated rings. The first-order valence-corrected chi connectivity index (χ1v) is 11.9. The Morgan fingerprint density at radius 2 is 2.21 bits per heavy atom. The van der Waals surface area contributed by atoms with Gasteiger partial charge in [0.25, 0.3) is 5.91 Å². The van der Waals surface area contributed by atoms with Crippen molar-refractivity contribution in [3.63, 3.8) is 0 Å². The minimum atomic E-state index is -0.775. The summed E-state index contributed by atoms with van der Waals surface area (Å²) in [6, 6.07) is 8.00. The Hall–Kier alpha value is -3.54. The van der Waals surface area contributed by atoms with Crippen molar-refractivity contribution < 1.29 is 19.1 Å². The monoisotopic (exact) mass is 465 g/mol. The fourth-order valence-electron chi connectivity index (χ4n) is 4.99. The third-order valence-corrected chi connectivity index (χ3v) is 6.90. The number of hydrogen-bond donors (Lipinski definition) is 3. The number of benzene rings is 1. The zero-order chi connectivity index (χ0) is 24.2. The lowest BCUT2D eigenvalue weighted by Gasteiger charge is -2.47. The molecule has 0 radical (unpaired) electrons. The summed E-state index contributed by atoms with van der Waals surface area (Å²) >= 11 is 0. The Balaban J connectivity index is 1.50. The molecule has 0 aliphatic carbocycles. The van der Waals surface area contributed by atoms with Crippen LogP contribution in [0.5, 0.6) is 5.75 Å². The molecule has 1 aromatic carbocycles. The molecule has 9 nitrogen and oxygen atoms in total. The molecule has 4 unspecified atom stereocenters. The summed E-state index contributed by atoms with van der Waals surface area (Å²) < 4.78 is 5.39. The van der Waals surface area contributed by atoms with Crippen molar-refractivity contribution in [2.24, 2.45) is 11.8 Å². The van der Waals surface area contributed by atoms with Crippen LogP contribution in [0.2, 0.25) is 0 Å². The average molecular weight is 466 g/mol. The van der Waals surface area contributed by atoms with Gasteiger partial charge in [0.2, 0.25) is 11.8 Å².